The second kappa shape index (κ2) is 3.71. The van der Waals surface area contributed by atoms with Crippen LogP contribution in [0.15, 0.2) is 0 Å². The normalized spacial score (nSPS) is 33.5. The molecule has 2 rings (SSSR count). The van der Waals surface area contributed by atoms with Crippen molar-refractivity contribution in [2.24, 2.45) is 10.8 Å². The molecule has 0 radical (unpaired) electrons. The quantitative estimate of drug-likeness (QED) is 0.700. The fraction of sp³-hybridized carbons (Fsp3) is 1.00. The average Bonchev–Trinajstić information content (AvgIpc) is 1.91. The Morgan fingerprint density at radius 1 is 0.765 bits per heavy atom. The maximum atomic E-state index is 6.51. The number of morpholine rings is 1. The molecule has 0 aromatic rings. The Morgan fingerprint density at radius 3 is 1.76 bits per heavy atom. The molecule has 1 aliphatic carbocycles. The highest BCUT2D eigenvalue weighted by Gasteiger charge is 2.51. The van der Waals surface area contributed by atoms with Crippen LogP contribution in [0.4, 0.5) is 0 Å². The highest BCUT2D eigenvalue weighted by Crippen LogP contribution is 2.52. The Labute approximate surface area is 107 Å². The molecule has 0 aromatic carbocycles. The SMILES string of the molecule is CC1(C)CC(C)(C)CC2(CNCC(C)(C)O2)C1. The molecule has 2 fully saturated rings. The first-order valence-corrected chi connectivity index (χ1v) is 6.94. The second-order valence-corrected chi connectivity index (χ2v) is 8.51. The smallest absolute Gasteiger partial charge is 0.0824 e. The molecule has 0 bridgehead atoms. The largest absolute Gasteiger partial charge is 0.366 e. The molecule has 1 aliphatic heterocycles. The van der Waals surface area contributed by atoms with Crippen LogP contribution in [0.25, 0.3) is 0 Å². The summed E-state index contributed by atoms with van der Waals surface area (Å²) >= 11 is 0. The molecule has 0 unspecified atom stereocenters. The molecule has 0 aromatic heterocycles. The second-order valence-electron chi connectivity index (χ2n) is 8.51. The third kappa shape index (κ3) is 3.03. The molecule has 1 saturated heterocycles. The van der Waals surface area contributed by atoms with E-state index in [1.54, 1.807) is 0 Å². The highest BCUT2D eigenvalue weighted by molar-refractivity contribution is 5.03. The van der Waals surface area contributed by atoms with Gasteiger partial charge in [0, 0.05) is 13.1 Å². The van der Waals surface area contributed by atoms with E-state index in [0.717, 1.165) is 13.1 Å². The molecule has 1 saturated carbocycles. The minimum atomic E-state index is -0.0260. The summed E-state index contributed by atoms with van der Waals surface area (Å²) < 4.78 is 6.51. The Morgan fingerprint density at radius 2 is 1.29 bits per heavy atom. The van der Waals surface area contributed by atoms with Gasteiger partial charge in [-0.15, -0.1) is 0 Å². The van der Waals surface area contributed by atoms with Crippen molar-refractivity contribution in [2.45, 2.75) is 72.0 Å². The lowest BCUT2D eigenvalue weighted by Gasteiger charge is -2.56. The molecule has 1 N–H and O–H groups in total. The van der Waals surface area contributed by atoms with E-state index in [2.05, 4.69) is 46.9 Å². The van der Waals surface area contributed by atoms with Crippen molar-refractivity contribution in [1.29, 1.82) is 0 Å². The number of rotatable bonds is 0. The zero-order chi connectivity index (χ0) is 12.9. The van der Waals surface area contributed by atoms with Gasteiger partial charge in [-0.1, -0.05) is 27.7 Å². The zero-order valence-corrected chi connectivity index (χ0v) is 12.4. The van der Waals surface area contributed by atoms with Gasteiger partial charge in [0.15, 0.2) is 0 Å². The summed E-state index contributed by atoms with van der Waals surface area (Å²) in [6.45, 7) is 16.0. The number of ether oxygens (including phenoxy) is 1. The lowest BCUT2D eigenvalue weighted by molar-refractivity contribution is -0.208. The van der Waals surface area contributed by atoms with E-state index in [4.69, 9.17) is 4.74 Å². The minimum absolute atomic E-state index is 0.0260. The van der Waals surface area contributed by atoms with Gasteiger partial charge in [-0.2, -0.15) is 0 Å². The lowest BCUT2D eigenvalue weighted by Crippen LogP contribution is -2.62. The maximum absolute atomic E-state index is 6.51. The Hall–Kier alpha value is -0.0800. The van der Waals surface area contributed by atoms with E-state index < -0.39 is 0 Å². The molecule has 0 amide bonds. The molecule has 2 aliphatic rings. The van der Waals surface area contributed by atoms with Crippen LogP contribution < -0.4 is 5.32 Å². The summed E-state index contributed by atoms with van der Waals surface area (Å²) in [7, 11) is 0. The highest BCUT2D eigenvalue weighted by atomic mass is 16.5. The molecular weight excluding hydrogens is 210 g/mol. The third-order valence-corrected chi connectivity index (χ3v) is 4.05. The van der Waals surface area contributed by atoms with Gasteiger partial charge in [-0.25, -0.2) is 0 Å². The van der Waals surface area contributed by atoms with Crippen LogP contribution in [-0.4, -0.2) is 24.3 Å². The van der Waals surface area contributed by atoms with Gasteiger partial charge in [-0.3, -0.25) is 0 Å². The Kier molecular flexibility index (Phi) is 2.91. The van der Waals surface area contributed by atoms with Gasteiger partial charge in [0.2, 0.25) is 0 Å². The summed E-state index contributed by atoms with van der Waals surface area (Å²) in [4.78, 5) is 0. The molecule has 1 spiro atoms. The van der Waals surface area contributed by atoms with Crippen molar-refractivity contribution in [1.82, 2.24) is 5.32 Å². The molecule has 100 valence electrons. The van der Waals surface area contributed by atoms with Crippen LogP contribution >= 0.6 is 0 Å². The van der Waals surface area contributed by atoms with Crippen molar-refractivity contribution in [3.8, 4) is 0 Å². The van der Waals surface area contributed by atoms with Crippen molar-refractivity contribution in [2.75, 3.05) is 13.1 Å². The first-order valence-electron chi connectivity index (χ1n) is 6.94. The fourth-order valence-corrected chi connectivity index (χ4v) is 4.67. The van der Waals surface area contributed by atoms with Gasteiger partial charge in [-0.05, 0) is 43.9 Å². The monoisotopic (exact) mass is 239 g/mol. The molecule has 2 heteroatoms. The summed E-state index contributed by atoms with van der Waals surface area (Å²) in [6.07, 6.45) is 3.66. The van der Waals surface area contributed by atoms with E-state index in [1.807, 2.05) is 0 Å². The first-order chi connectivity index (χ1) is 7.54. The van der Waals surface area contributed by atoms with Crippen LogP contribution in [0.2, 0.25) is 0 Å². The van der Waals surface area contributed by atoms with Crippen LogP contribution in [0.1, 0.15) is 60.8 Å². The van der Waals surface area contributed by atoms with Crippen LogP contribution in [0.3, 0.4) is 0 Å². The van der Waals surface area contributed by atoms with Crippen molar-refractivity contribution in [3.05, 3.63) is 0 Å². The number of hydrogen-bond acceptors (Lipinski definition) is 2. The van der Waals surface area contributed by atoms with Crippen molar-refractivity contribution >= 4 is 0 Å². The summed E-state index contributed by atoms with van der Waals surface area (Å²) in [5.41, 5.74) is 0.794. The summed E-state index contributed by atoms with van der Waals surface area (Å²) in [6, 6.07) is 0. The predicted octanol–water partition coefficient (Wildman–Crippen LogP) is 3.36. The van der Waals surface area contributed by atoms with Crippen molar-refractivity contribution < 1.29 is 4.74 Å². The standard InChI is InChI=1S/C15H29NO/c1-12(2)7-13(3,4)9-15(8-12)11-16-10-14(5,6)17-15/h16H,7-11H2,1-6H3. The molecule has 2 nitrogen and oxygen atoms in total. The van der Waals surface area contributed by atoms with Crippen LogP contribution in [-0.2, 0) is 4.74 Å². The van der Waals surface area contributed by atoms with Gasteiger partial charge < -0.3 is 10.1 Å². The van der Waals surface area contributed by atoms with Gasteiger partial charge in [0.1, 0.15) is 0 Å². The molecular formula is C15H29NO. The average molecular weight is 239 g/mol. The summed E-state index contributed by atoms with van der Waals surface area (Å²) in [5.74, 6) is 0. The molecule has 0 atom stereocenters. The van der Waals surface area contributed by atoms with E-state index in [0.29, 0.717) is 10.8 Å². The fourth-order valence-electron chi connectivity index (χ4n) is 4.67. The van der Waals surface area contributed by atoms with Crippen LogP contribution in [0, 0.1) is 10.8 Å². The van der Waals surface area contributed by atoms with E-state index in [1.165, 1.54) is 19.3 Å². The molecule has 1 heterocycles. The first kappa shape index (κ1) is 13.4. The lowest BCUT2D eigenvalue weighted by atomic mass is 9.59. The predicted molar refractivity (Wildman–Crippen MR) is 72.2 cm³/mol. The topological polar surface area (TPSA) is 21.3 Å². The minimum Gasteiger partial charge on any atom is -0.366 e. The van der Waals surface area contributed by atoms with Crippen LogP contribution in [0.5, 0.6) is 0 Å². The Balaban J connectivity index is 2.24. The van der Waals surface area contributed by atoms with Crippen molar-refractivity contribution in [3.63, 3.8) is 0 Å². The molecule has 17 heavy (non-hydrogen) atoms. The number of nitrogens with one attached hydrogen (secondary N) is 1. The third-order valence-electron chi connectivity index (χ3n) is 4.05. The van der Waals surface area contributed by atoms with E-state index in [9.17, 15) is 0 Å². The van der Waals surface area contributed by atoms with E-state index in [-0.39, 0.29) is 11.2 Å². The number of hydrogen-bond donors (Lipinski definition) is 1. The van der Waals surface area contributed by atoms with Gasteiger partial charge in [0.05, 0.1) is 11.2 Å². The van der Waals surface area contributed by atoms with Gasteiger partial charge >= 0.3 is 0 Å². The van der Waals surface area contributed by atoms with Gasteiger partial charge in [0.25, 0.3) is 0 Å². The summed E-state index contributed by atoms with van der Waals surface area (Å²) in [5, 5.41) is 3.59. The zero-order valence-electron chi connectivity index (χ0n) is 12.4. The maximum Gasteiger partial charge on any atom is 0.0824 e. The Bertz CT molecular complexity index is 283. The van der Waals surface area contributed by atoms with E-state index >= 15 is 0 Å².